The van der Waals surface area contributed by atoms with Crippen LogP contribution < -0.4 is 19.7 Å². The van der Waals surface area contributed by atoms with E-state index in [0.717, 1.165) is 25.9 Å². The summed E-state index contributed by atoms with van der Waals surface area (Å²) in [5.41, 5.74) is 1.12. The van der Waals surface area contributed by atoms with Gasteiger partial charge in [0.15, 0.2) is 5.75 Å². The third-order valence-electron chi connectivity index (χ3n) is 5.05. The fourth-order valence-corrected chi connectivity index (χ4v) is 3.98. The lowest BCUT2D eigenvalue weighted by atomic mass is 9.89. The molecule has 2 amide bonds. The Balaban J connectivity index is 1.91. The summed E-state index contributed by atoms with van der Waals surface area (Å²) in [6, 6.07) is 4.31. The molecule has 2 fully saturated rings. The molecule has 0 saturated carbocycles. The lowest BCUT2D eigenvalue weighted by molar-refractivity contribution is -0.134. The number of benzene rings is 1. The van der Waals surface area contributed by atoms with Crippen LogP contribution in [0.15, 0.2) is 18.2 Å². The minimum atomic E-state index is -5.18. The van der Waals surface area contributed by atoms with E-state index < -0.39 is 22.5 Å². The SMILES string of the molecule is CN(c1ccc(C2CCNCC2)c(OS(=O)(=O)F)c1)C1CCC(=O)NC1=O. The molecule has 0 aromatic heterocycles. The van der Waals surface area contributed by atoms with Crippen molar-refractivity contribution in [3.05, 3.63) is 23.8 Å². The molecule has 1 aromatic carbocycles. The van der Waals surface area contributed by atoms with Gasteiger partial charge in [-0.1, -0.05) is 9.95 Å². The molecule has 1 unspecified atom stereocenters. The van der Waals surface area contributed by atoms with Gasteiger partial charge < -0.3 is 14.4 Å². The van der Waals surface area contributed by atoms with Crippen LogP contribution in [0, 0.1) is 0 Å². The van der Waals surface area contributed by atoms with Crippen molar-refractivity contribution in [3.8, 4) is 5.75 Å². The molecule has 10 heteroatoms. The number of piperidine rings is 2. The number of hydrogen-bond donors (Lipinski definition) is 2. The molecule has 2 N–H and O–H groups in total. The number of likely N-dealkylation sites (N-methyl/N-ethyl adjacent to an activating group) is 1. The molecule has 0 radical (unpaired) electrons. The average molecular weight is 399 g/mol. The Morgan fingerprint density at radius 3 is 2.52 bits per heavy atom. The van der Waals surface area contributed by atoms with E-state index in [4.69, 9.17) is 0 Å². The van der Waals surface area contributed by atoms with Crippen LogP contribution in [-0.2, 0) is 20.1 Å². The maximum absolute atomic E-state index is 13.2. The second-order valence-corrected chi connectivity index (χ2v) is 7.75. The van der Waals surface area contributed by atoms with Crippen LogP contribution in [0.5, 0.6) is 5.75 Å². The van der Waals surface area contributed by atoms with Crippen molar-refractivity contribution < 1.29 is 26.1 Å². The van der Waals surface area contributed by atoms with Gasteiger partial charge in [0.05, 0.1) is 0 Å². The zero-order chi connectivity index (χ0) is 19.6. The normalized spacial score (nSPS) is 21.6. The van der Waals surface area contributed by atoms with Crippen molar-refractivity contribution in [2.24, 2.45) is 0 Å². The molecule has 2 saturated heterocycles. The Morgan fingerprint density at radius 1 is 1.19 bits per heavy atom. The third kappa shape index (κ3) is 4.75. The maximum atomic E-state index is 13.2. The van der Waals surface area contributed by atoms with E-state index in [1.165, 1.54) is 6.07 Å². The van der Waals surface area contributed by atoms with E-state index in [1.54, 1.807) is 24.1 Å². The highest BCUT2D eigenvalue weighted by Gasteiger charge is 2.31. The zero-order valence-corrected chi connectivity index (χ0v) is 15.7. The average Bonchev–Trinajstić information content (AvgIpc) is 2.60. The van der Waals surface area contributed by atoms with E-state index >= 15 is 0 Å². The molecular formula is C17H22FN3O5S. The number of nitrogens with zero attached hydrogens (tertiary/aromatic N) is 1. The summed E-state index contributed by atoms with van der Waals surface area (Å²) in [7, 11) is -3.52. The van der Waals surface area contributed by atoms with Crippen molar-refractivity contribution in [1.29, 1.82) is 0 Å². The number of halogens is 1. The van der Waals surface area contributed by atoms with Gasteiger partial charge in [0, 0.05) is 25.2 Å². The molecule has 0 bridgehead atoms. The van der Waals surface area contributed by atoms with Gasteiger partial charge in [0.1, 0.15) is 6.04 Å². The van der Waals surface area contributed by atoms with Gasteiger partial charge in [0.25, 0.3) is 0 Å². The quantitative estimate of drug-likeness (QED) is 0.562. The van der Waals surface area contributed by atoms with Gasteiger partial charge in [-0.05, 0) is 49.9 Å². The van der Waals surface area contributed by atoms with Crippen LogP contribution in [0.4, 0.5) is 9.57 Å². The number of anilines is 1. The van der Waals surface area contributed by atoms with E-state index in [2.05, 4.69) is 14.8 Å². The Kier molecular flexibility index (Phi) is 5.66. The second-order valence-electron chi connectivity index (χ2n) is 6.80. The second kappa shape index (κ2) is 7.81. The molecule has 2 heterocycles. The number of amides is 2. The molecule has 148 valence electrons. The summed E-state index contributed by atoms with van der Waals surface area (Å²) in [5, 5.41) is 5.50. The van der Waals surface area contributed by atoms with Crippen LogP contribution in [0.3, 0.4) is 0 Å². The standard InChI is InChI=1S/C17H22FN3O5S/c1-21(14-4-5-16(22)20-17(14)23)12-2-3-13(11-6-8-19-9-7-11)15(10-12)26-27(18,24)25/h2-3,10-11,14,19H,4-9H2,1H3,(H,20,22,23). The smallest absolute Gasteiger partial charge is 0.363 e. The molecule has 8 nitrogen and oxygen atoms in total. The van der Waals surface area contributed by atoms with E-state index in [9.17, 15) is 21.9 Å². The first-order chi connectivity index (χ1) is 12.7. The summed E-state index contributed by atoms with van der Waals surface area (Å²) in [6.45, 7) is 1.56. The van der Waals surface area contributed by atoms with Crippen molar-refractivity contribution in [2.45, 2.75) is 37.6 Å². The van der Waals surface area contributed by atoms with Gasteiger partial charge in [-0.2, -0.15) is 8.42 Å². The number of rotatable bonds is 5. The number of carbonyl (C=O) groups is 2. The van der Waals surface area contributed by atoms with Gasteiger partial charge in [-0.15, -0.1) is 0 Å². The van der Waals surface area contributed by atoms with Crippen molar-refractivity contribution in [1.82, 2.24) is 10.6 Å². The zero-order valence-electron chi connectivity index (χ0n) is 14.9. The highest BCUT2D eigenvalue weighted by Crippen LogP contribution is 2.36. The first kappa shape index (κ1) is 19.6. The number of carbonyl (C=O) groups excluding carboxylic acids is 2. The Morgan fingerprint density at radius 2 is 1.89 bits per heavy atom. The maximum Gasteiger partial charge on any atom is 0.488 e. The number of hydrogen-bond acceptors (Lipinski definition) is 7. The van der Waals surface area contributed by atoms with Crippen LogP contribution >= 0.6 is 0 Å². The third-order valence-corrected chi connectivity index (χ3v) is 5.43. The lowest BCUT2D eigenvalue weighted by Gasteiger charge is -2.32. The minimum absolute atomic E-state index is 0.0537. The Hall–Kier alpha value is -2.20. The molecule has 0 aliphatic carbocycles. The Labute approximate surface area is 157 Å². The summed E-state index contributed by atoms with van der Waals surface area (Å²) >= 11 is 0. The minimum Gasteiger partial charge on any atom is -0.363 e. The van der Waals surface area contributed by atoms with Gasteiger partial charge in [0.2, 0.25) is 11.8 Å². The fraction of sp³-hybridized carbons (Fsp3) is 0.529. The Bertz CT molecular complexity index is 839. The molecular weight excluding hydrogens is 377 g/mol. The highest BCUT2D eigenvalue weighted by atomic mass is 32.3. The van der Waals surface area contributed by atoms with Crippen molar-refractivity contribution in [2.75, 3.05) is 25.0 Å². The summed E-state index contributed by atoms with van der Waals surface area (Å²) in [5.74, 6) is -0.755. The summed E-state index contributed by atoms with van der Waals surface area (Å²) in [4.78, 5) is 25.0. The van der Waals surface area contributed by atoms with Crippen molar-refractivity contribution in [3.63, 3.8) is 0 Å². The molecule has 1 atom stereocenters. The van der Waals surface area contributed by atoms with Gasteiger partial charge >= 0.3 is 10.5 Å². The highest BCUT2D eigenvalue weighted by molar-refractivity contribution is 7.81. The molecule has 2 aliphatic heterocycles. The van der Waals surface area contributed by atoms with E-state index in [1.807, 2.05) is 0 Å². The van der Waals surface area contributed by atoms with Crippen LogP contribution in [0.1, 0.15) is 37.2 Å². The molecule has 1 aromatic rings. The summed E-state index contributed by atoms with van der Waals surface area (Å²) < 4.78 is 40.0. The topological polar surface area (TPSA) is 105 Å². The molecule has 3 rings (SSSR count). The monoisotopic (exact) mass is 399 g/mol. The fourth-order valence-electron chi connectivity index (χ4n) is 3.62. The van der Waals surface area contributed by atoms with Crippen LogP contribution in [-0.4, -0.2) is 46.4 Å². The first-order valence-corrected chi connectivity index (χ1v) is 10.1. The predicted octanol–water partition coefficient (Wildman–Crippen LogP) is 0.988. The van der Waals surface area contributed by atoms with Crippen LogP contribution in [0.2, 0.25) is 0 Å². The summed E-state index contributed by atoms with van der Waals surface area (Å²) in [6.07, 6.45) is 2.13. The van der Waals surface area contributed by atoms with Crippen LogP contribution in [0.25, 0.3) is 0 Å². The molecule has 0 spiro atoms. The molecule has 2 aliphatic rings. The molecule has 27 heavy (non-hydrogen) atoms. The van der Waals surface area contributed by atoms with Crippen molar-refractivity contribution >= 4 is 28.0 Å². The van der Waals surface area contributed by atoms with E-state index in [0.29, 0.717) is 17.7 Å². The lowest BCUT2D eigenvalue weighted by Crippen LogP contribution is -2.51. The van der Waals surface area contributed by atoms with E-state index in [-0.39, 0.29) is 24.0 Å². The predicted molar refractivity (Wildman–Crippen MR) is 96.5 cm³/mol. The number of imide groups is 1. The number of nitrogens with one attached hydrogen (secondary N) is 2. The van der Waals surface area contributed by atoms with Gasteiger partial charge in [-0.25, -0.2) is 0 Å². The first-order valence-electron chi connectivity index (χ1n) is 8.80. The van der Waals surface area contributed by atoms with Gasteiger partial charge in [-0.3, -0.25) is 14.9 Å². The largest absolute Gasteiger partial charge is 0.488 e.